The number of halogens is 4. The number of aryl methyl sites for hydroxylation is 1. The molecule has 1 aromatic carbocycles. The molecular weight excluding hydrogens is 480 g/mol. The number of para-hydroxylation sites is 1. The molecule has 0 bridgehead atoms. The molecule has 0 saturated carbocycles. The van der Waals surface area contributed by atoms with Crippen molar-refractivity contribution in [3.8, 4) is 5.69 Å². The molecule has 1 fully saturated rings. The molecule has 0 atom stereocenters. The molecule has 5 rings (SSSR count). The van der Waals surface area contributed by atoms with E-state index >= 15 is 0 Å². The Bertz CT molecular complexity index is 1230. The van der Waals surface area contributed by atoms with Crippen LogP contribution in [-0.2, 0) is 29.3 Å². The Balaban J connectivity index is 1.33. The van der Waals surface area contributed by atoms with Crippen molar-refractivity contribution in [2.24, 2.45) is 0 Å². The highest BCUT2D eigenvalue weighted by atomic mass is 32.1. The molecule has 0 amide bonds. The lowest BCUT2D eigenvalue weighted by atomic mass is 9.84. The van der Waals surface area contributed by atoms with E-state index in [2.05, 4.69) is 10.00 Å². The molecule has 0 radical (unpaired) electrons. The van der Waals surface area contributed by atoms with Crippen LogP contribution in [0.25, 0.3) is 5.69 Å². The average Bonchev–Trinajstić information content (AvgIpc) is 3.36. The van der Waals surface area contributed by atoms with E-state index in [-0.39, 0.29) is 11.4 Å². The smallest absolute Gasteiger partial charge is 0.297 e. The van der Waals surface area contributed by atoms with Crippen LogP contribution < -0.4 is 0 Å². The fourth-order valence-corrected chi connectivity index (χ4v) is 6.22. The molecule has 3 aromatic rings. The van der Waals surface area contributed by atoms with Gasteiger partial charge in [-0.1, -0.05) is 12.1 Å². The maximum atomic E-state index is 14.8. The monoisotopic (exact) mass is 508 g/mol. The van der Waals surface area contributed by atoms with Crippen molar-refractivity contribution >= 4 is 11.3 Å². The van der Waals surface area contributed by atoms with E-state index in [1.165, 1.54) is 6.07 Å². The minimum absolute atomic E-state index is 0.227. The van der Waals surface area contributed by atoms with Gasteiger partial charge in [-0.05, 0) is 51.6 Å². The third-order valence-corrected chi connectivity index (χ3v) is 7.99. The lowest BCUT2D eigenvalue weighted by Gasteiger charge is -2.45. The summed E-state index contributed by atoms with van der Waals surface area (Å²) >= 11 is 0.771. The molecule has 2 aliphatic heterocycles. The van der Waals surface area contributed by atoms with Gasteiger partial charge < -0.3 is 9.64 Å². The largest absolute Gasteiger partial charge is 0.363 e. The van der Waals surface area contributed by atoms with E-state index in [0.29, 0.717) is 49.6 Å². The number of hydrogen-bond acceptors (Lipinski definition) is 5. The summed E-state index contributed by atoms with van der Waals surface area (Å²) < 4.78 is 64.6. The van der Waals surface area contributed by atoms with Crippen molar-refractivity contribution < 1.29 is 22.3 Å². The van der Waals surface area contributed by atoms with E-state index in [9.17, 15) is 17.6 Å². The van der Waals surface area contributed by atoms with E-state index in [4.69, 9.17) is 4.74 Å². The maximum absolute atomic E-state index is 14.8. The Hall–Kier alpha value is -2.27. The lowest BCUT2D eigenvalue weighted by Crippen LogP contribution is -2.48. The van der Waals surface area contributed by atoms with Crippen LogP contribution in [0.1, 0.15) is 40.1 Å². The number of benzene rings is 1. The second kappa shape index (κ2) is 8.99. The van der Waals surface area contributed by atoms with Gasteiger partial charge in [-0.25, -0.2) is 9.07 Å². The zero-order valence-corrected chi connectivity index (χ0v) is 20.8. The first-order valence-corrected chi connectivity index (χ1v) is 12.4. The van der Waals surface area contributed by atoms with E-state index in [1.807, 2.05) is 38.2 Å². The zero-order valence-electron chi connectivity index (χ0n) is 20.0. The van der Waals surface area contributed by atoms with Crippen LogP contribution in [0.15, 0.2) is 30.5 Å². The Morgan fingerprint density at radius 3 is 2.60 bits per heavy atom. The Labute approximate surface area is 205 Å². The molecule has 188 valence electrons. The molecular formula is C25H28F4N4OS. The summed E-state index contributed by atoms with van der Waals surface area (Å²) in [7, 11) is 3.87. The van der Waals surface area contributed by atoms with Gasteiger partial charge in [0.1, 0.15) is 23.7 Å². The maximum Gasteiger partial charge on any atom is 0.297 e. The number of aromatic nitrogens is 2. The summed E-state index contributed by atoms with van der Waals surface area (Å²) in [4.78, 5) is 4.51. The fourth-order valence-electron chi connectivity index (χ4n) is 5.08. The molecule has 1 saturated heterocycles. The quantitative estimate of drug-likeness (QED) is 0.444. The first-order valence-electron chi connectivity index (χ1n) is 11.6. The van der Waals surface area contributed by atoms with Gasteiger partial charge in [0, 0.05) is 48.4 Å². The van der Waals surface area contributed by atoms with E-state index in [1.54, 1.807) is 10.7 Å². The number of ether oxygens (including phenoxy) is 1. The Morgan fingerprint density at radius 1 is 1.14 bits per heavy atom. The number of hydrogen-bond donors (Lipinski definition) is 0. The van der Waals surface area contributed by atoms with Gasteiger partial charge >= 0.3 is 0 Å². The minimum Gasteiger partial charge on any atom is -0.363 e. The SMILES string of the molecule is Cc1nn(-c2c(F)cccc2CN(C)C)cc1CN1CCC2(CC1)OCC(F)(F)c1cc(F)sc12. The molecule has 0 N–H and O–H groups in total. The third kappa shape index (κ3) is 4.52. The van der Waals surface area contributed by atoms with Crippen LogP contribution in [0.4, 0.5) is 17.6 Å². The highest BCUT2D eigenvalue weighted by Gasteiger charge is 2.51. The van der Waals surface area contributed by atoms with Crippen LogP contribution in [-0.4, -0.2) is 53.4 Å². The minimum atomic E-state index is -3.16. The molecule has 2 aliphatic rings. The molecule has 0 aliphatic carbocycles. The van der Waals surface area contributed by atoms with Gasteiger partial charge in [-0.15, -0.1) is 11.3 Å². The van der Waals surface area contributed by atoms with Gasteiger partial charge in [-0.3, -0.25) is 4.90 Å². The van der Waals surface area contributed by atoms with Gasteiger partial charge in [0.05, 0.1) is 5.69 Å². The summed E-state index contributed by atoms with van der Waals surface area (Å²) in [5.41, 5.74) is 1.97. The van der Waals surface area contributed by atoms with Gasteiger partial charge in [0.25, 0.3) is 5.92 Å². The summed E-state index contributed by atoms with van der Waals surface area (Å²) in [5.74, 6) is -3.49. The van der Waals surface area contributed by atoms with Crippen LogP contribution >= 0.6 is 11.3 Å². The van der Waals surface area contributed by atoms with E-state index < -0.39 is 23.3 Å². The number of thiophene rings is 1. The summed E-state index contributed by atoms with van der Waals surface area (Å²) in [6, 6.07) is 5.99. The van der Waals surface area contributed by atoms with Crippen LogP contribution in [0.5, 0.6) is 0 Å². The van der Waals surface area contributed by atoms with Crippen molar-refractivity contribution in [1.82, 2.24) is 19.6 Å². The highest BCUT2D eigenvalue weighted by molar-refractivity contribution is 7.10. The number of alkyl halides is 2. The fraction of sp³-hybridized carbons (Fsp3) is 0.480. The summed E-state index contributed by atoms with van der Waals surface area (Å²) in [6.45, 7) is 3.58. The van der Waals surface area contributed by atoms with Crippen LogP contribution in [0.2, 0.25) is 0 Å². The Kier molecular flexibility index (Phi) is 6.27. The number of piperidine rings is 1. The first kappa shape index (κ1) is 24.4. The van der Waals surface area contributed by atoms with Gasteiger partial charge in [0.2, 0.25) is 0 Å². The number of rotatable bonds is 5. The zero-order chi connectivity index (χ0) is 25.0. The molecule has 2 aromatic heterocycles. The molecule has 0 unspecified atom stereocenters. The Morgan fingerprint density at radius 2 is 1.89 bits per heavy atom. The molecule has 1 spiro atoms. The highest BCUT2D eigenvalue weighted by Crippen LogP contribution is 2.51. The number of fused-ring (bicyclic) bond motifs is 2. The molecule has 4 heterocycles. The number of likely N-dealkylation sites (tertiary alicyclic amines) is 1. The van der Waals surface area contributed by atoms with Gasteiger partial charge in [0.15, 0.2) is 5.13 Å². The lowest BCUT2D eigenvalue weighted by molar-refractivity contribution is -0.182. The predicted molar refractivity (Wildman–Crippen MR) is 126 cm³/mol. The third-order valence-electron chi connectivity index (χ3n) is 6.88. The van der Waals surface area contributed by atoms with Crippen LogP contribution in [0.3, 0.4) is 0 Å². The standard InChI is InChI=1S/C25H28F4N4OS/c1-16-18(14-33(30-16)22-17(12-31(2)3)5-4-6-20(22)26)13-32-9-7-24(8-10-32)23-19(11-21(27)35-23)25(28,29)15-34-24/h4-6,11,14H,7-10,12-13,15H2,1-3H3. The van der Waals surface area contributed by atoms with Crippen molar-refractivity contribution in [1.29, 1.82) is 0 Å². The van der Waals surface area contributed by atoms with Crippen LogP contribution in [0, 0.1) is 17.9 Å². The van der Waals surface area contributed by atoms with Crippen molar-refractivity contribution in [2.75, 3.05) is 33.8 Å². The average molecular weight is 509 g/mol. The number of nitrogens with zero attached hydrogens (tertiary/aromatic N) is 4. The van der Waals surface area contributed by atoms with Crippen molar-refractivity contribution in [3.63, 3.8) is 0 Å². The summed E-state index contributed by atoms with van der Waals surface area (Å²) in [5, 5.41) is 3.99. The normalized spacial score (nSPS) is 19.4. The van der Waals surface area contributed by atoms with Crippen molar-refractivity contribution in [2.45, 2.75) is 44.4 Å². The van der Waals surface area contributed by atoms with E-state index in [0.717, 1.165) is 34.2 Å². The molecule has 5 nitrogen and oxygen atoms in total. The van der Waals surface area contributed by atoms with Gasteiger partial charge in [-0.2, -0.15) is 18.3 Å². The molecule has 35 heavy (non-hydrogen) atoms. The predicted octanol–water partition coefficient (Wildman–Crippen LogP) is 5.20. The topological polar surface area (TPSA) is 33.5 Å². The second-order valence-electron chi connectivity index (χ2n) is 9.73. The molecule has 10 heteroatoms. The second-order valence-corrected chi connectivity index (χ2v) is 10.7. The first-order chi connectivity index (χ1) is 16.6. The van der Waals surface area contributed by atoms with Crippen molar-refractivity contribution in [3.05, 3.63) is 68.7 Å². The summed E-state index contributed by atoms with van der Waals surface area (Å²) in [6.07, 6.45) is 2.87.